The molecule has 3 aliphatic rings. The van der Waals surface area contributed by atoms with Gasteiger partial charge in [-0.15, -0.1) is 0 Å². The minimum Gasteiger partial charge on any atom is -0.744 e. The Hall–Kier alpha value is -3.05. The highest BCUT2D eigenvalue weighted by atomic mass is 32.2. The van der Waals surface area contributed by atoms with E-state index in [2.05, 4.69) is 4.58 Å². The predicted molar refractivity (Wildman–Crippen MR) is 130 cm³/mol. The fourth-order valence-electron chi connectivity index (χ4n) is 5.68. The molecule has 0 fully saturated rings. The van der Waals surface area contributed by atoms with Gasteiger partial charge >= 0.3 is 0 Å². The summed E-state index contributed by atoms with van der Waals surface area (Å²) >= 11 is 0. The van der Waals surface area contributed by atoms with Gasteiger partial charge in [-0.2, -0.15) is 8.42 Å². The van der Waals surface area contributed by atoms with Crippen LogP contribution in [-0.4, -0.2) is 39.0 Å². The fourth-order valence-corrected chi connectivity index (χ4v) is 6.97. The number of hydrogen-bond acceptors (Lipinski definition) is 6. The van der Waals surface area contributed by atoms with Crippen molar-refractivity contribution in [1.29, 1.82) is 0 Å². The summed E-state index contributed by atoms with van der Waals surface area (Å²) in [5, 5.41) is 1.86. The molecule has 3 aromatic rings. The summed E-state index contributed by atoms with van der Waals surface area (Å²) in [6.45, 7) is 3.87. The highest BCUT2D eigenvalue weighted by Gasteiger charge is 2.32. The van der Waals surface area contributed by atoms with Crippen molar-refractivity contribution in [1.82, 2.24) is 4.58 Å². The van der Waals surface area contributed by atoms with Crippen LogP contribution in [0.2, 0.25) is 0 Å². The highest BCUT2D eigenvalue weighted by Crippen LogP contribution is 2.40. The first-order chi connectivity index (χ1) is 17.0. The van der Waals surface area contributed by atoms with Crippen molar-refractivity contribution in [2.75, 3.05) is 13.1 Å². The highest BCUT2D eigenvalue weighted by molar-refractivity contribution is 7.86. The number of rotatable bonds is 3. The summed E-state index contributed by atoms with van der Waals surface area (Å²) in [4.78, 5) is -1.37. The third-order valence-electron chi connectivity index (χ3n) is 7.15. The van der Waals surface area contributed by atoms with E-state index in [4.69, 9.17) is 4.74 Å². The minimum absolute atomic E-state index is 0.0719. The third-order valence-corrected chi connectivity index (χ3v) is 8.88. The molecule has 0 aromatic heterocycles. The Morgan fingerprint density at radius 1 is 0.944 bits per heavy atom. The molecule has 0 saturated carbocycles. The van der Waals surface area contributed by atoms with Crippen molar-refractivity contribution >= 4 is 25.8 Å². The van der Waals surface area contributed by atoms with Gasteiger partial charge in [-0.25, -0.2) is 13.0 Å². The van der Waals surface area contributed by atoms with Crippen molar-refractivity contribution in [3.8, 4) is 11.5 Å². The molecule has 0 aliphatic carbocycles. The van der Waals surface area contributed by atoms with Crippen LogP contribution in [0.1, 0.15) is 40.7 Å². The lowest BCUT2D eigenvalue weighted by molar-refractivity contribution is 0.436. The molecule has 0 bridgehead atoms. The lowest BCUT2D eigenvalue weighted by Crippen LogP contribution is -2.45. The molecule has 0 unspecified atom stereocenters. The summed E-state index contributed by atoms with van der Waals surface area (Å²) in [6, 6.07) is 10.7. The van der Waals surface area contributed by atoms with Crippen molar-refractivity contribution in [2.45, 2.75) is 42.4 Å². The first-order valence-corrected chi connectivity index (χ1v) is 14.5. The van der Waals surface area contributed by atoms with Crippen LogP contribution in [0.4, 0.5) is 0 Å². The van der Waals surface area contributed by atoms with Gasteiger partial charge in [0.25, 0.3) is 10.1 Å². The number of hydrogen-bond donors (Lipinski definition) is 1. The molecular formula is C26H23NO7S2. The zero-order valence-corrected chi connectivity index (χ0v) is 21.1. The zero-order valence-electron chi connectivity index (χ0n) is 19.4. The number of aryl methyl sites for hydroxylation is 2. The predicted octanol–water partition coefficient (Wildman–Crippen LogP) is 1.88. The van der Waals surface area contributed by atoms with Gasteiger partial charge in [0, 0.05) is 40.3 Å². The van der Waals surface area contributed by atoms with Gasteiger partial charge in [0.15, 0.2) is 0 Å². The van der Waals surface area contributed by atoms with E-state index in [1.807, 2.05) is 31.2 Å². The monoisotopic (exact) mass is 525 g/mol. The van der Waals surface area contributed by atoms with Crippen molar-refractivity contribution in [3.05, 3.63) is 80.9 Å². The minimum atomic E-state index is -5.10. The van der Waals surface area contributed by atoms with Gasteiger partial charge in [0.2, 0.25) is 5.36 Å². The molecule has 0 amide bonds. The Kier molecular flexibility index (Phi) is 5.17. The number of ether oxygens (including phenoxy) is 1. The Bertz CT molecular complexity index is 1820. The van der Waals surface area contributed by atoms with Crippen LogP contribution >= 0.6 is 0 Å². The Morgan fingerprint density at radius 3 is 2.39 bits per heavy atom. The molecule has 0 spiro atoms. The van der Waals surface area contributed by atoms with Gasteiger partial charge in [-0.3, -0.25) is 4.55 Å². The maximum atomic E-state index is 12.4. The van der Waals surface area contributed by atoms with Gasteiger partial charge in [0.1, 0.15) is 34.7 Å². The molecule has 36 heavy (non-hydrogen) atoms. The van der Waals surface area contributed by atoms with E-state index in [0.29, 0.717) is 27.9 Å². The topological polar surface area (TPSA) is 124 Å². The molecule has 0 radical (unpaired) electrons. The van der Waals surface area contributed by atoms with E-state index >= 15 is 0 Å². The first-order valence-electron chi connectivity index (χ1n) is 11.7. The van der Waals surface area contributed by atoms with Gasteiger partial charge < -0.3 is 9.29 Å². The molecule has 3 heterocycles. The van der Waals surface area contributed by atoms with E-state index in [-0.39, 0.29) is 5.56 Å². The van der Waals surface area contributed by atoms with Gasteiger partial charge in [0.05, 0.1) is 15.4 Å². The average Bonchev–Trinajstić information content (AvgIpc) is 2.82. The van der Waals surface area contributed by atoms with Crippen LogP contribution in [0.5, 0.6) is 11.5 Å². The first kappa shape index (κ1) is 23.4. The summed E-state index contributed by atoms with van der Waals surface area (Å²) in [7, 11) is -9.83. The third kappa shape index (κ3) is 3.67. The van der Waals surface area contributed by atoms with Crippen molar-refractivity contribution in [3.63, 3.8) is 0 Å². The summed E-state index contributed by atoms with van der Waals surface area (Å²) in [5.74, 6) is 1.18. The van der Waals surface area contributed by atoms with Gasteiger partial charge in [-0.1, -0.05) is 18.2 Å². The van der Waals surface area contributed by atoms with E-state index in [9.17, 15) is 25.9 Å². The average molecular weight is 526 g/mol. The fraction of sp³-hybridized carbons (Fsp3) is 0.269. The summed E-state index contributed by atoms with van der Waals surface area (Å²) in [6.07, 6.45) is 3.64. The molecule has 6 rings (SSSR count). The molecule has 8 nitrogen and oxygen atoms in total. The smallest absolute Gasteiger partial charge is 0.294 e. The Labute approximate surface area is 208 Å². The second kappa shape index (κ2) is 7.97. The van der Waals surface area contributed by atoms with Crippen LogP contribution in [-0.2, 0) is 33.1 Å². The van der Waals surface area contributed by atoms with Crippen LogP contribution in [0, 0.1) is 6.92 Å². The molecule has 3 aromatic carbocycles. The van der Waals surface area contributed by atoms with Crippen LogP contribution in [0.3, 0.4) is 0 Å². The molecule has 1 N–H and O–H groups in total. The normalized spacial score (nSPS) is 16.6. The van der Waals surface area contributed by atoms with Crippen molar-refractivity contribution < 1.29 is 30.7 Å². The van der Waals surface area contributed by atoms with E-state index in [0.717, 1.165) is 67.6 Å². The zero-order chi connectivity index (χ0) is 25.4. The summed E-state index contributed by atoms with van der Waals surface area (Å²) in [5.41, 5.74) is 4.33. The Morgan fingerprint density at radius 2 is 1.67 bits per heavy atom. The number of fused-ring (bicyclic) bond motifs is 3. The number of nitrogens with zero attached hydrogens (tertiary/aromatic N) is 1. The standard InChI is InChI=1S/C26H23NO7S2/c1-15-6-8-18-22(12-15)34-26-20-5-3-11-27-10-2-4-16(25(20)27)13-21(26)24(18)19-9-7-17(35(28,29)30)14-23(19)36(31,32)33/h6-9,12-14H,2-5,10-11H2,1H3,(H-,28,29,30,31,32,33). The molecule has 186 valence electrons. The molecule has 3 aliphatic heterocycles. The van der Waals surface area contributed by atoms with Crippen molar-refractivity contribution in [2.24, 2.45) is 0 Å². The SMILES string of the molecule is Cc1ccc2c(c1)Oc1c3c4c(cc1=C2c1ccc(S(=O)(=O)O)cc1S(=O)(=O)[O-])CCC[N+]=4CCC3. The largest absolute Gasteiger partial charge is 0.744 e. The second-order valence-electron chi connectivity index (χ2n) is 9.50. The second-order valence-corrected chi connectivity index (χ2v) is 12.3. The molecule has 0 atom stereocenters. The van der Waals surface area contributed by atoms with Crippen LogP contribution in [0.25, 0.3) is 5.57 Å². The maximum Gasteiger partial charge on any atom is 0.294 e. The summed E-state index contributed by atoms with van der Waals surface area (Å²) < 4.78 is 79.0. The molecule has 10 heteroatoms. The van der Waals surface area contributed by atoms with Crippen LogP contribution in [0.15, 0.2) is 52.3 Å². The number of benzene rings is 3. The van der Waals surface area contributed by atoms with E-state index in [1.165, 1.54) is 11.4 Å². The maximum absolute atomic E-state index is 12.4. The van der Waals surface area contributed by atoms with E-state index in [1.54, 1.807) is 0 Å². The molecule has 0 saturated heterocycles. The van der Waals surface area contributed by atoms with Crippen LogP contribution < -0.4 is 19.9 Å². The van der Waals surface area contributed by atoms with E-state index < -0.39 is 30.0 Å². The lowest BCUT2D eigenvalue weighted by Gasteiger charge is -2.27. The van der Waals surface area contributed by atoms with Gasteiger partial charge in [-0.05, 0) is 49.6 Å². The lowest BCUT2D eigenvalue weighted by atomic mass is 9.87. The Balaban J connectivity index is 1.81. The molecular weight excluding hydrogens is 502 g/mol. The quantitative estimate of drug-likeness (QED) is 0.320.